The number of esters is 2. The molecule has 4 nitrogen and oxygen atoms in total. The van der Waals surface area contributed by atoms with Gasteiger partial charge in [-0.2, -0.15) is 0 Å². The number of carbonyl (C=O) groups is 2. The Balaban J connectivity index is 1.56. The Morgan fingerprint density at radius 1 is 1.00 bits per heavy atom. The third kappa shape index (κ3) is 4.05. The average molecular weight is 445 g/mol. The molecule has 5 unspecified atom stereocenters. The van der Waals surface area contributed by atoms with Crippen LogP contribution < -0.4 is 0 Å². The normalized spacial score (nSPS) is 36.9. The molecule has 32 heavy (non-hydrogen) atoms. The van der Waals surface area contributed by atoms with Crippen molar-refractivity contribution in [3.8, 4) is 0 Å². The standard InChI is InChI=1S/C28H44O4/c1-18(2)23(29)31-26(6,7)17-25(4,5)24(30)32-28(20-11-9-8-10-12-20)21-13-19(3)14-27(15-21)16-22(27)28/h19-22H,1,8-17H2,2-7H3. The summed E-state index contributed by atoms with van der Waals surface area (Å²) >= 11 is 0. The lowest BCUT2D eigenvalue weighted by molar-refractivity contribution is -0.194. The molecule has 0 aromatic carbocycles. The molecule has 0 amide bonds. The van der Waals surface area contributed by atoms with Crippen LogP contribution in [0.25, 0.3) is 0 Å². The average Bonchev–Trinajstić information content (AvgIpc) is 3.31. The van der Waals surface area contributed by atoms with Crippen LogP contribution >= 0.6 is 0 Å². The highest BCUT2D eigenvalue weighted by molar-refractivity contribution is 5.87. The third-order valence-electron chi connectivity index (χ3n) is 9.12. The predicted octanol–water partition coefficient (Wildman–Crippen LogP) is 6.62. The van der Waals surface area contributed by atoms with E-state index in [0.29, 0.717) is 35.2 Å². The van der Waals surface area contributed by atoms with Crippen LogP contribution in [0.1, 0.15) is 106 Å². The first-order valence-electron chi connectivity index (χ1n) is 12.9. The van der Waals surface area contributed by atoms with E-state index in [1.165, 1.54) is 57.8 Å². The van der Waals surface area contributed by atoms with Gasteiger partial charge in [0.25, 0.3) is 0 Å². The van der Waals surface area contributed by atoms with Crippen LogP contribution in [0.15, 0.2) is 12.2 Å². The van der Waals surface area contributed by atoms with Gasteiger partial charge in [0.2, 0.25) is 0 Å². The Morgan fingerprint density at radius 2 is 1.66 bits per heavy atom. The van der Waals surface area contributed by atoms with E-state index in [4.69, 9.17) is 9.47 Å². The summed E-state index contributed by atoms with van der Waals surface area (Å²) in [5, 5.41) is 0. The maximum atomic E-state index is 13.8. The summed E-state index contributed by atoms with van der Waals surface area (Å²) in [6, 6.07) is 0. The number of ether oxygens (including phenoxy) is 2. The zero-order valence-corrected chi connectivity index (χ0v) is 21.2. The molecule has 4 rings (SSSR count). The minimum absolute atomic E-state index is 0.107. The van der Waals surface area contributed by atoms with Crippen molar-refractivity contribution in [1.29, 1.82) is 0 Å². The molecule has 4 heteroatoms. The second kappa shape index (κ2) is 7.87. The molecule has 4 fully saturated rings. The van der Waals surface area contributed by atoms with Crippen LogP contribution in [0.2, 0.25) is 0 Å². The zero-order chi connectivity index (χ0) is 23.5. The second-order valence-electron chi connectivity index (χ2n) is 13.1. The van der Waals surface area contributed by atoms with Gasteiger partial charge in [0, 0.05) is 23.8 Å². The molecule has 180 valence electrons. The summed E-state index contributed by atoms with van der Waals surface area (Å²) in [5.74, 6) is 1.80. The SMILES string of the molecule is C=C(C)C(=O)OC(C)(C)CC(C)(C)C(=O)OC1(C2CCCCC2)C2CC(C)CC3(C2)CC31. The molecule has 4 aliphatic rings. The first-order chi connectivity index (χ1) is 14.8. The van der Waals surface area contributed by atoms with Crippen molar-refractivity contribution in [1.82, 2.24) is 0 Å². The largest absolute Gasteiger partial charge is 0.458 e. The Bertz CT molecular complexity index is 785. The van der Waals surface area contributed by atoms with Gasteiger partial charge in [0.1, 0.15) is 11.2 Å². The van der Waals surface area contributed by atoms with Gasteiger partial charge in [-0.05, 0) is 90.4 Å². The van der Waals surface area contributed by atoms with Crippen molar-refractivity contribution in [2.45, 2.75) is 117 Å². The summed E-state index contributed by atoms with van der Waals surface area (Å²) in [6.45, 7) is 15.4. The van der Waals surface area contributed by atoms with E-state index in [-0.39, 0.29) is 11.6 Å². The van der Waals surface area contributed by atoms with Crippen molar-refractivity contribution in [3.05, 3.63) is 12.2 Å². The highest BCUT2D eigenvalue weighted by Gasteiger charge is 2.77. The molecule has 0 aromatic rings. The second-order valence-corrected chi connectivity index (χ2v) is 13.1. The molecule has 4 saturated carbocycles. The van der Waals surface area contributed by atoms with Gasteiger partial charge in [-0.3, -0.25) is 4.79 Å². The summed E-state index contributed by atoms with van der Waals surface area (Å²) in [5.41, 5.74) is -0.943. The highest BCUT2D eigenvalue weighted by Crippen LogP contribution is 2.78. The maximum absolute atomic E-state index is 13.8. The van der Waals surface area contributed by atoms with Gasteiger partial charge < -0.3 is 9.47 Å². The minimum Gasteiger partial charge on any atom is -0.458 e. The molecule has 0 heterocycles. The Kier molecular flexibility index (Phi) is 5.86. The first kappa shape index (κ1) is 23.8. The smallest absolute Gasteiger partial charge is 0.333 e. The molecule has 1 spiro atoms. The molecule has 0 N–H and O–H groups in total. The number of carbonyl (C=O) groups excluding carboxylic acids is 2. The van der Waals surface area contributed by atoms with Gasteiger partial charge in [-0.1, -0.05) is 32.8 Å². The lowest BCUT2D eigenvalue weighted by atomic mass is 9.66. The van der Waals surface area contributed by atoms with Crippen LogP contribution in [0.3, 0.4) is 0 Å². The predicted molar refractivity (Wildman–Crippen MR) is 126 cm³/mol. The minimum atomic E-state index is -0.766. The summed E-state index contributed by atoms with van der Waals surface area (Å²) in [4.78, 5) is 25.9. The molecule has 0 radical (unpaired) electrons. The lowest BCUT2D eigenvalue weighted by Gasteiger charge is -2.47. The summed E-state index contributed by atoms with van der Waals surface area (Å²) in [7, 11) is 0. The van der Waals surface area contributed by atoms with E-state index in [9.17, 15) is 9.59 Å². The van der Waals surface area contributed by atoms with Gasteiger partial charge in [0.15, 0.2) is 0 Å². The molecule has 0 aliphatic heterocycles. The van der Waals surface area contributed by atoms with Crippen LogP contribution in [0.4, 0.5) is 0 Å². The Morgan fingerprint density at radius 3 is 2.28 bits per heavy atom. The van der Waals surface area contributed by atoms with E-state index in [0.717, 1.165) is 5.92 Å². The molecular formula is C28H44O4. The van der Waals surface area contributed by atoms with Crippen LogP contribution in [-0.4, -0.2) is 23.1 Å². The quantitative estimate of drug-likeness (QED) is 0.327. The molecule has 4 aliphatic carbocycles. The van der Waals surface area contributed by atoms with E-state index in [2.05, 4.69) is 13.5 Å². The van der Waals surface area contributed by atoms with Crippen LogP contribution in [0.5, 0.6) is 0 Å². The summed E-state index contributed by atoms with van der Waals surface area (Å²) < 4.78 is 12.5. The number of rotatable bonds is 7. The number of hydrogen-bond acceptors (Lipinski definition) is 4. The van der Waals surface area contributed by atoms with Gasteiger partial charge in [-0.15, -0.1) is 0 Å². The van der Waals surface area contributed by atoms with Gasteiger partial charge >= 0.3 is 11.9 Å². The van der Waals surface area contributed by atoms with Crippen LogP contribution in [0, 0.1) is 34.5 Å². The van der Waals surface area contributed by atoms with Crippen molar-refractivity contribution < 1.29 is 19.1 Å². The fourth-order valence-electron chi connectivity index (χ4n) is 8.20. The van der Waals surface area contributed by atoms with Crippen molar-refractivity contribution in [2.75, 3.05) is 0 Å². The maximum Gasteiger partial charge on any atom is 0.333 e. The molecular weight excluding hydrogens is 400 g/mol. The summed E-state index contributed by atoms with van der Waals surface area (Å²) in [6.07, 6.45) is 11.7. The monoisotopic (exact) mass is 444 g/mol. The van der Waals surface area contributed by atoms with E-state index in [1.807, 2.05) is 27.7 Å². The Hall–Kier alpha value is -1.32. The molecule has 2 bridgehead atoms. The number of fused-ring (bicyclic) bond motifs is 1. The van der Waals surface area contributed by atoms with Gasteiger partial charge in [-0.25, -0.2) is 4.79 Å². The fourth-order valence-corrected chi connectivity index (χ4v) is 8.20. The molecule has 0 aromatic heterocycles. The van der Waals surface area contributed by atoms with Crippen molar-refractivity contribution in [2.24, 2.45) is 34.5 Å². The zero-order valence-electron chi connectivity index (χ0n) is 21.2. The number of hydrogen-bond donors (Lipinski definition) is 0. The first-order valence-corrected chi connectivity index (χ1v) is 12.9. The third-order valence-corrected chi connectivity index (χ3v) is 9.12. The van der Waals surface area contributed by atoms with E-state index < -0.39 is 17.0 Å². The van der Waals surface area contributed by atoms with Crippen LogP contribution in [-0.2, 0) is 19.1 Å². The lowest BCUT2D eigenvalue weighted by Crippen LogP contribution is -2.52. The highest BCUT2D eigenvalue weighted by atomic mass is 16.6. The molecule has 5 atom stereocenters. The molecule has 0 saturated heterocycles. The van der Waals surface area contributed by atoms with Crippen molar-refractivity contribution in [3.63, 3.8) is 0 Å². The van der Waals surface area contributed by atoms with E-state index in [1.54, 1.807) is 6.92 Å². The van der Waals surface area contributed by atoms with E-state index >= 15 is 0 Å². The van der Waals surface area contributed by atoms with Gasteiger partial charge in [0.05, 0.1) is 5.41 Å². The Labute approximate surface area is 194 Å². The topological polar surface area (TPSA) is 52.6 Å². The fraction of sp³-hybridized carbons (Fsp3) is 0.857. The van der Waals surface area contributed by atoms with Crippen molar-refractivity contribution >= 4 is 11.9 Å².